The monoisotopic (exact) mass is 156 g/mol. The molecule has 2 amide bonds. The van der Waals surface area contributed by atoms with E-state index in [-0.39, 0.29) is 18.9 Å². The Morgan fingerprint density at radius 3 is 3.09 bits per heavy atom. The van der Waals surface area contributed by atoms with Crippen LogP contribution in [-0.4, -0.2) is 29.8 Å². The van der Waals surface area contributed by atoms with E-state index >= 15 is 0 Å². The summed E-state index contributed by atoms with van der Waals surface area (Å²) >= 11 is 0. The second kappa shape index (κ2) is 3.14. The standard InChI is InChI=1S/C6H8N2O3/c1-2-11-6(10)8-5(9)3-4-7-8/h4H,2-3H2,1H3. The van der Waals surface area contributed by atoms with Gasteiger partial charge in [-0.25, -0.2) is 4.79 Å². The third kappa shape index (κ3) is 1.54. The van der Waals surface area contributed by atoms with Crippen LogP contribution >= 0.6 is 0 Å². The summed E-state index contributed by atoms with van der Waals surface area (Å²) in [5.41, 5.74) is 0. The van der Waals surface area contributed by atoms with E-state index in [0.29, 0.717) is 0 Å². The Balaban J connectivity index is 2.53. The first-order chi connectivity index (χ1) is 5.25. The molecule has 1 heterocycles. The molecule has 1 rings (SSSR count). The van der Waals surface area contributed by atoms with Crippen molar-refractivity contribution in [3.63, 3.8) is 0 Å². The van der Waals surface area contributed by atoms with E-state index in [9.17, 15) is 9.59 Å². The number of ether oxygens (including phenoxy) is 1. The number of hydrogen-bond acceptors (Lipinski definition) is 4. The zero-order chi connectivity index (χ0) is 8.27. The number of hydrogen-bond donors (Lipinski definition) is 0. The van der Waals surface area contributed by atoms with Gasteiger partial charge in [-0.15, -0.1) is 5.01 Å². The van der Waals surface area contributed by atoms with Gasteiger partial charge in [-0.2, -0.15) is 5.10 Å². The number of hydrazone groups is 1. The summed E-state index contributed by atoms with van der Waals surface area (Å²) < 4.78 is 4.55. The lowest BCUT2D eigenvalue weighted by atomic mass is 10.5. The molecule has 0 aromatic heterocycles. The van der Waals surface area contributed by atoms with Crippen LogP contribution in [0.3, 0.4) is 0 Å². The lowest BCUT2D eigenvalue weighted by Gasteiger charge is -2.07. The molecule has 0 aliphatic carbocycles. The third-order valence-corrected chi connectivity index (χ3v) is 1.14. The Kier molecular flexibility index (Phi) is 2.20. The number of amides is 2. The number of rotatable bonds is 1. The SMILES string of the molecule is CCOC(=O)N1N=CCC1=O. The first-order valence-corrected chi connectivity index (χ1v) is 3.28. The van der Waals surface area contributed by atoms with Crippen molar-refractivity contribution in [2.75, 3.05) is 6.61 Å². The summed E-state index contributed by atoms with van der Waals surface area (Å²) in [5, 5.41) is 4.25. The third-order valence-electron chi connectivity index (χ3n) is 1.14. The van der Waals surface area contributed by atoms with Crippen LogP contribution in [0.1, 0.15) is 13.3 Å². The summed E-state index contributed by atoms with van der Waals surface area (Å²) in [4.78, 5) is 21.6. The maximum atomic E-state index is 10.8. The topological polar surface area (TPSA) is 59.0 Å². The van der Waals surface area contributed by atoms with E-state index in [1.807, 2.05) is 0 Å². The predicted octanol–water partition coefficient (Wildman–Crippen LogP) is 0.361. The molecule has 0 aromatic carbocycles. The molecule has 60 valence electrons. The van der Waals surface area contributed by atoms with Crippen LogP contribution in [0.15, 0.2) is 5.10 Å². The fourth-order valence-corrected chi connectivity index (χ4v) is 0.685. The minimum absolute atomic E-state index is 0.179. The van der Waals surface area contributed by atoms with Crippen LogP contribution < -0.4 is 0 Å². The number of imide groups is 1. The van der Waals surface area contributed by atoms with Crippen molar-refractivity contribution in [1.82, 2.24) is 5.01 Å². The number of nitrogens with zero attached hydrogens (tertiary/aromatic N) is 2. The maximum Gasteiger partial charge on any atom is 0.437 e. The molecule has 0 aromatic rings. The Labute approximate surface area is 63.6 Å². The molecule has 0 unspecified atom stereocenters. The molecule has 0 atom stereocenters. The van der Waals surface area contributed by atoms with Gasteiger partial charge in [0.1, 0.15) is 0 Å². The smallest absolute Gasteiger partial charge is 0.437 e. The molecule has 5 nitrogen and oxygen atoms in total. The molecule has 0 saturated carbocycles. The van der Waals surface area contributed by atoms with Gasteiger partial charge >= 0.3 is 6.09 Å². The van der Waals surface area contributed by atoms with Gasteiger partial charge in [0, 0.05) is 6.21 Å². The van der Waals surface area contributed by atoms with E-state index in [1.54, 1.807) is 6.92 Å². The fraction of sp³-hybridized carbons (Fsp3) is 0.500. The van der Waals surface area contributed by atoms with E-state index in [0.717, 1.165) is 5.01 Å². The van der Waals surface area contributed by atoms with E-state index in [1.165, 1.54) is 6.21 Å². The predicted molar refractivity (Wildman–Crippen MR) is 37.0 cm³/mol. The fourth-order valence-electron chi connectivity index (χ4n) is 0.685. The average molecular weight is 156 g/mol. The van der Waals surface area contributed by atoms with Crippen molar-refractivity contribution in [2.24, 2.45) is 5.10 Å². The first kappa shape index (κ1) is 7.71. The molecule has 1 aliphatic heterocycles. The lowest BCUT2D eigenvalue weighted by Crippen LogP contribution is -2.28. The highest BCUT2D eigenvalue weighted by Gasteiger charge is 2.24. The van der Waals surface area contributed by atoms with Crippen molar-refractivity contribution >= 4 is 18.2 Å². The number of carbonyl (C=O) groups is 2. The van der Waals surface area contributed by atoms with Gasteiger partial charge in [-0.05, 0) is 6.92 Å². The van der Waals surface area contributed by atoms with Crippen LogP contribution in [0.25, 0.3) is 0 Å². The van der Waals surface area contributed by atoms with E-state index in [2.05, 4.69) is 9.84 Å². The van der Waals surface area contributed by atoms with Gasteiger partial charge < -0.3 is 4.74 Å². The molecule has 0 fully saturated rings. The molecule has 11 heavy (non-hydrogen) atoms. The molecule has 0 N–H and O–H groups in total. The Bertz CT molecular complexity index is 212. The molecule has 0 radical (unpaired) electrons. The van der Waals surface area contributed by atoms with Gasteiger partial charge in [0.05, 0.1) is 13.0 Å². The molecule has 0 saturated heterocycles. The highest BCUT2D eigenvalue weighted by molar-refractivity contribution is 6.02. The van der Waals surface area contributed by atoms with Crippen molar-refractivity contribution in [3.05, 3.63) is 0 Å². The van der Waals surface area contributed by atoms with Crippen LogP contribution in [0.5, 0.6) is 0 Å². The highest BCUT2D eigenvalue weighted by Crippen LogP contribution is 2.03. The van der Waals surface area contributed by atoms with Crippen molar-refractivity contribution in [3.8, 4) is 0 Å². The van der Waals surface area contributed by atoms with E-state index < -0.39 is 6.09 Å². The normalized spacial score (nSPS) is 15.7. The van der Waals surface area contributed by atoms with Gasteiger partial charge in [0.25, 0.3) is 5.91 Å². The summed E-state index contributed by atoms with van der Waals surface area (Å²) in [6, 6.07) is 0. The first-order valence-electron chi connectivity index (χ1n) is 3.28. The van der Waals surface area contributed by atoms with Gasteiger partial charge in [-0.3, -0.25) is 4.79 Å². The Morgan fingerprint density at radius 1 is 1.91 bits per heavy atom. The average Bonchev–Trinajstić information content (AvgIpc) is 2.36. The Morgan fingerprint density at radius 2 is 2.64 bits per heavy atom. The van der Waals surface area contributed by atoms with Crippen LogP contribution in [0, 0.1) is 0 Å². The lowest BCUT2D eigenvalue weighted by molar-refractivity contribution is -0.127. The zero-order valence-corrected chi connectivity index (χ0v) is 6.11. The maximum absolute atomic E-state index is 10.8. The van der Waals surface area contributed by atoms with Crippen LogP contribution in [0.2, 0.25) is 0 Å². The summed E-state index contributed by atoms with van der Waals surface area (Å²) in [6.45, 7) is 1.92. The van der Waals surface area contributed by atoms with Crippen LogP contribution in [-0.2, 0) is 9.53 Å². The minimum Gasteiger partial charge on any atom is -0.448 e. The molecule has 0 bridgehead atoms. The second-order valence-electron chi connectivity index (χ2n) is 1.91. The largest absolute Gasteiger partial charge is 0.448 e. The Hall–Kier alpha value is -1.39. The minimum atomic E-state index is -0.703. The van der Waals surface area contributed by atoms with Crippen molar-refractivity contribution in [1.29, 1.82) is 0 Å². The molecule has 1 aliphatic rings. The summed E-state index contributed by atoms with van der Waals surface area (Å²) in [7, 11) is 0. The van der Waals surface area contributed by atoms with E-state index in [4.69, 9.17) is 0 Å². The highest BCUT2D eigenvalue weighted by atomic mass is 16.6. The van der Waals surface area contributed by atoms with Gasteiger partial charge in [-0.1, -0.05) is 0 Å². The molecule has 0 spiro atoms. The van der Waals surface area contributed by atoms with Crippen molar-refractivity contribution < 1.29 is 14.3 Å². The van der Waals surface area contributed by atoms with Crippen molar-refractivity contribution in [2.45, 2.75) is 13.3 Å². The quantitative estimate of drug-likeness (QED) is 0.550. The zero-order valence-electron chi connectivity index (χ0n) is 6.11. The molecular formula is C6H8N2O3. The number of carbonyl (C=O) groups excluding carboxylic acids is 2. The van der Waals surface area contributed by atoms with Gasteiger partial charge in [0.2, 0.25) is 0 Å². The molecule has 5 heteroatoms. The van der Waals surface area contributed by atoms with Crippen LogP contribution in [0.4, 0.5) is 4.79 Å². The van der Waals surface area contributed by atoms with Gasteiger partial charge in [0.15, 0.2) is 0 Å². The second-order valence-corrected chi connectivity index (χ2v) is 1.91. The molecular weight excluding hydrogens is 148 g/mol. The summed E-state index contributed by atoms with van der Waals surface area (Å²) in [6.07, 6.45) is 0.851. The summed E-state index contributed by atoms with van der Waals surface area (Å²) in [5.74, 6) is -0.344.